The Kier molecular flexibility index (Phi) is 6.07. The van der Waals surface area contributed by atoms with Gasteiger partial charge in [-0.1, -0.05) is 12.1 Å². The van der Waals surface area contributed by atoms with Gasteiger partial charge in [0.15, 0.2) is 0 Å². The van der Waals surface area contributed by atoms with Crippen molar-refractivity contribution < 1.29 is 33.5 Å². The molecule has 0 N–H and O–H groups in total. The average molecular weight is 351 g/mol. The van der Waals surface area contributed by atoms with E-state index < -0.39 is 35.4 Å². The first kappa shape index (κ1) is 18.4. The lowest BCUT2D eigenvalue weighted by molar-refractivity contribution is -0.386. The van der Waals surface area contributed by atoms with Crippen molar-refractivity contribution in [1.82, 2.24) is 0 Å². The van der Waals surface area contributed by atoms with Crippen LogP contribution in [-0.2, 0) is 23.8 Å². The molecule has 1 unspecified atom stereocenters. The zero-order chi connectivity index (χ0) is 18.4. The van der Waals surface area contributed by atoms with Crippen molar-refractivity contribution >= 4 is 17.6 Å². The van der Waals surface area contributed by atoms with Gasteiger partial charge in [0.05, 0.1) is 4.92 Å². The van der Waals surface area contributed by atoms with E-state index in [1.54, 1.807) is 6.07 Å². The van der Waals surface area contributed by atoms with E-state index in [9.17, 15) is 19.7 Å². The van der Waals surface area contributed by atoms with Crippen LogP contribution in [-0.4, -0.2) is 42.0 Å². The molecule has 0 spiro atoms. The first-order valence-corrected chi connectivity index (χ1v) is 7.41. The van der Waals surface area contributed by atoms with Gasteiger partial charge < -0.3 is 18.9 Å². The van der Waals surface area contributed by atoms with E-state index >= 15 is 0 Å². The molecular weight excluding hydrogens is 334 g/mol. The molecule has 0 fully saturated rings. The van der Waals surface area contributed by atoms with Crippen LogP contribution in [0, 0.1) is 10.1 Å². The smallest absolute Gasteiger partial charge is 0.311 e. The lowest BCUT2D eigenvalue weighted by atomic mass is 10.1. The monoisotopic (exact) mass is 351 g/mol. The van der Waals surface area contributed by atoms with Gasteiger partial charge in [-0.2, -0.15) is 0 Å². The fourth-order valence-electron chi connectivity index (χ4n) is 2.16. The zero-order valence-corrected chi connectivity index (χ0v) is 13.6. The Bertz CT molecular complexity index is 686. The molecule has 0 saturated carbocycles. The fourth-order valence-corrected chi connectivity index (χ4v) is 2.16. The van der Waals surface area contributed by atoms with Crippen molar-refractivity contribution in [2.45, 2.75) is 32.3 Å². The highest BCUT2D eigenvalue weighted by Crippen LogP contribution is 2.28. The molecule has 9 heteroatoms. The van der Waals surface area contributed by atoms with Crippen LogP contribution in [0.15, 0.2) is 36.4 Å². The predicted octanol–water partition coefficient (Wildman–Crippen LogP) is 1.75. The molecule has 9 nitrogen and oxygen atoms in total. The summed E-state index contributed by atoms with van der Waals surface area (Å²) >= 11 is 0. The molecule has 0 radical (unpaired) electrons. The van der Waals surface area contributed by atoms with Gasteiger partial charge in [0, 0.05) is 19.9 Å². The van der Waals surface area contributed by atoms with E-state index in [4.69, 9.17) is 18.9 Å². The Balaban J connectivity index is 2.13. The number of nitrogens with zero attached hydrogens (tertiary/aromatic N) is 1. The van der Waals surface area contributed by atoms with Gasteiger partial charge in [0.25, 0.3) is 0 Å². The Morgan fingerprint density at radius 1 is 1.20 bits per heavy atom. The molecule has 0 aromatic heterocycles. The van der Waals surface area contributed by atoms with Crippen LogP contribution in [0.4, 0.5) is 5.69 Å². The Morgan fingerprint density at radius 3 is 2.56 bits per heavy atom. The Labute approximate surface area is 143 Å². The molecular formula is C16H17NO8. The second-order valence-electron chi connectivity index (χ2n) is 5.15. The van der Waals surface area contributed by atoms with E-state index in [-0.39, 0.29) is 18.0 Å². The third-order valence-electron chi connectivity index (χ3n) is 3.19. The number of nitro groups is 1. The van der Waals surface area contributed by atoms with Gasteiger partial charge in [-0.05, 0) is 18.2 Å². The molecule has 0 aliphatic carbocycles. The Morgan fingerprint density at radius 2 is 1.92 bits per heavy atom. The van der Waals surface area contributed by atoms with Crippen LogP contribution in [0.2, 0.25) is 0 Å². The van der Waals surface area contributed by atoms with Crippen LogP contribution >= 0.6 is 0 Å². The molecule has 1 aliphatic rings. The van der Waals surface area contributed by atoms with Crippen molar-refractivity contribution in [3.8, 4) is 5.75 Å². The van der Waals surface area contributed by atoms with Crippen LogP contribution in [0.3, 0.4) is 0 Å². The molecule has 1 heterocycles. The fraction of sp³-hybridized carbons (Fsp3) is 0.375. The topological polar surface area (TPSA) is 114 Å². The molecule has 1 aliphatic heterocycles. The second-order valence-corrected chi connectivity index (χ2v) is 5.15. The van der Waals surface area contributed by atoms with Gasteiger partial charge in [0.1, 0.15) is 18.8 Å². The minimum absolute atomic E-state index is 0.0272. The third kappa shape index (κ3) is 5.28. The van der Waals surface area contributed by atoms with E-state index in [0.29, 0.717) is 0 Å². The van der Waals surface area contributed by atoms with Crippen molar-refractivity contribution in [2.75, 3.05) is 6.61 Å². The molecule has 1 aromatic rings. The summed E-state index contributed by atoms with van der Waals surface area (Å²) in [7, 11) is 0. The number of rotatable bonds is 6. The van der Waals surface area contributed by atoms with Crippen LogP contribution < -0.4 is 4.74 Å². The number of carbonyl (C=O) groups is 2. The van der Waals surface area contributed by atoms with E-state index in [0.717, 1.165) is 0 Å². The maximum absolute atomic E-state index is 11.2. The van der Waals surface area contributed by atoms with Gasteiger partial charge in [-0.25, -0.2) is 0 Å². The summed E-state index contributed by atoms with van der Waals surface area (Å²) in [6.45, 7) is 2.32. The highest BCUT2D eigenvalue weighted by atomic mass is 16.7. The summed E-state index contributed by atoms with van der Waals surface area (Å²) in [5.74, 6) is -1.01. The summed E-state index contributed by atoms with van der Waals surface area (Å²) in [5, 5.41) is 11.0. The molecule has 0 saturated heterocycles. The molecule has 0 bridgehead atoms. The van der Waals surface area contributed by atoms with Crippen molar-refractivity contribution in [2.24, 2.45) is 0 Å². The first-order chi connectivity index (χ1) is 11.9. The van der Waals surface area contributed by atoms with Gasteiger partial charge in [-0.3, -0.25) is 19.7 Å². The van der Waals surface area contributed by atoms with Crippen LogP contribution in [0.1, 0.15) is 13.8 Å². The summed E-state index contributed by atoms with van der Waals surface area (Å²) in [6.07, 6.45) is 0.467. The van der Waals surface area contributed by atoms with Crippen molar-refractivity contribution in [3.63, 3.8) is 0 Å². The molecule has 2 rings (SSSR count). The molecule has 134 valence electrons. The summed E-state index contributed by atoms with van der Waals surface area (Å²) in [4.78, 5) is 32.6. The number of esters is 2. The van der Waals surface area contributed by atoms with Crippen molar-refractivity contribution in [1.29, 1.82) is 0 Å². The number of hydrogen-bond acceptors (Lipinski definition) is 8. The van der Waals surface area contributed by atoms with Crippen LogP contribution in [0.5, 0.6) is 5.75 Å². The Hall–Kier alpha value is -2.94. The zero-order valence-electron chi connectivity index (χ0n) is 13.6. The molecule has 25 heavy (non-hydrogen) atoms. The predicted molar refractivity (Wildman–Crippen MR) is 83.7 cm³/mol. The van der Waals surface area contributed by atoms with E-state index in [2.05, 4.69) is 0 Å². The molecule has 0 amide bonds. The van der Waals surface area contributed by atoms with E-state index in [1.165, 1.54) is 44.2 Å². The second kappa shape index (κ2) is 8.25. The average Bonchev–Trinajstić information content (AvgIpc) is 2.54. The maximum atomic E-state index is 11.2. The van der Waals surface area contributed by atoms with Gasteiger partial charge in [-0.15, -0.1) is 0 Å². The number of carbonyl (C=O) groups excluding carboxylic acids is 2. The summed E-state index contributed by atoms with van der Waals surface area (Å²) in [6, 6.07) is 5.85. The number of ether oxygens (including phenoxy) is 4. The maximum Gasteiger partial charge on any atom is 0.311 e. The lowest BCUT2D eigenvalue weighted by Gasteiger charge is -2.31. The largest absolute Gasteiger partial charge is 0.463 e. The minimum Gasteiger partial charge on any atom is -0.463 e. The van der Waals surface area contributed by atoms with Crippen molar-refractivity contribution in [3.05, 3.63) is 46.5 Å². The number of nitro benzene ring substituents is 1. The normalized spacial score (nSPS) is 22.1. The van der Waals surface area contributed by atoms with Gasteiger partial charge in [0.2, 0.25) is 12.0 Å². The highest BCUT2D eigenvalue weighted by molar-refractivity contribution is 5.66. The van der Waals surface area contributed by atoms with E-state index in [1.807, 2.05) is 0 Å². The number of hydrogen-bond donors (Lipinski definition) is 0. The minimum atomic E-state index is -0.964. The molecule has 3 atom stereocenters. The van der Waals surface area contributed by atoms with Gasteiger partial charge >= 0.3 is 17.6 Å². The number of para-hydroxylation sites is 2. The third-order valence-corrected chi connectivity index (χ3v) is 3.19. The summed E-state index contributed by atoms with van der Waals surface area (Å²) in [5.41, 5.74) is -0.210. The summed E-state index contributed by atoms with van der Waals surface area (Å²) < 4.78 is 21.1. The highest BCUT2D eigenvalue weighted by Gasteiger charge is 2.32. The first-order valence-electron chi connectivity index (χ1n) is 7.41. The number of benzene rings is 1. The lowest BCUT2D eigenvalue weighted by Crippen LogP contribution is -2.43. The molecule has 1 aromatic carbocycles. The van der Waals surface area contributed by atoms with Crippen LogP contribution in [0.25, 0.3) is 0 Å². The standard InChI is InChI=1S/C16H17NO8/c1-10(18)22-9-15-14(23-11(2)19)7-8-16(25-15)24-13-6-4-3-5-12(13)17(20)21/h3-8,14-16H,9H2,1-2H3/t14-,15+,16?/m0/s1. The quantitative estimate of drug-likeness (QED) is 0.329. The SMILES string of the molecule is CC(=O)OC[C@H]1OC(Oc2ccccc2[N+](=O)[O-])C=C[C@@H]1OC(C)=O.